The summed E-state index contributed by atoms with van der Waals surface area (Å²) in [6, 6.07) is 13.8. The predicted molar refractivity (Wildman–Crippen MR) is 122 cm³/mol. The van der Waals surface area contributed by atoms with Crippen LogP contribution in [-0.2, 0) is 17.8 Å². The third kappa shape index (κ3) is 4.98. The first-order chi connectivity index (χ1) is 15.9. The molecule has 1 aliphatic carbocycles. The van der Waals surface area contributed by atoms with E-state index >= 15 is 0 Å². The monoisotopic (exact) mass is 456 g/mol. The summed E-state index contributed by atoms with van der Waals surface area (Å²) in [4.78, 5) is 0. The topological polar surface area (TPSA) is 9.23 Å². The van der Waals surface area contributed by atoms with E-state index in [2.05, 4.69) is 0 Å². The molecule has 0 bridgehead atoms. The number of halogens is 4. The van der Waals surface area contributed by atoms with E-state index in [1.807, 2.05) is 19.1 Å². The minimum Gasteiger partial charge on any atom is -0.373 e. The summed E-state index contributed by atoms with van der Waals surface area (Å²) >= 11 is 0. The fraction of sp³-hybridized carbons (Fsp3) is 0.357. The second kappa shape index (κ2) is 10.1. The average Bonchev–Trinajstić information content (AvgIpc) is 2.83. The molecular formula is C28H28F4O. The lowest BCUT2D eigenvalue weighted by atomic mass is 9.82. The average molecular weight is 457 g/mol. The Bertz CT molecular complexity index is 1120. The Morgan fingerprint density at radius 3 is 2.03 bits per heavy atom. The van der Waals surface area contributed by atoms with Crippen molar-refractivity contribution in [3.05, 3.63) is 94.1 Å². The van der Waals surface area contributed by atoms with Gasteiger partial charge in [-0.1, -0.05) is 61.0 Å². The van der Waals surface area contributed by atoms with Gasteiger partial charge in [-0.3, -0.25) is 0 Å². The van der Waals surface area contributed by atoms with Crippen LogP contribution < -0.4 is 0 Å². The molecule has 0 heterocycles. The standard InChI is InChI=1S/C28H28F4O/c1-3-18-8-9-21(26(30)25(18)29)16-33-22-12-10-20(11-13-22)24-15-14-23(27(31)28(24)32)19-6-4-17(2)5-7-19/h4-9,14-15,20,22H,3,10-13,16H2,1-2H3. The van der Waals surface area contributed by atoms with Crippen molar-refractivity contribution in [1.82, 2.24) is 0 Å². The number of benzene rings is 3. The maximum absolute atomic E-state index is 14.9. The van der Waals surface area contributed by atoms with Crippen LogP contribution in [0.3, 0.4) is 0 Å². The molecule has 1 saturated carbocycles. The van der Waals surface area contributed by atoms with E-state index in [-0.39, 0.29) is 29.8 Å². The van der Waals surface area contributed by atoms with Gasteiger partial charge in [0.15, 0.2) is 23.3 Å². The minimum absolute atomic E-state index is 0.00365. The van der Waals surface area contributed by atoms with E-state index in [0.717, 1.165) is 5.56 Å². The Hall–Kier alpha value is -2.66. The lowest BCUT2D eigenvalue weighted by molar-refractivity contribution is 0.0116. The van der Waals surface area contributed by atoms with Gasteiger partial charge in [0.2, 0.25) is 0 Å². The molecule has 5 heteroatoms. The van der Waals surface area contributed by atoms with Gasteiger partial charge < -0.3 is 4.74 Å². The summed E-state index contributed by atoms with van der Waals surface area (Å²) < 4.78 is 63.8. The van der Waals surface area contributed by atoms with Crippen LogP contribution in [0, 0.1) is 30.2 Å². The molecule has 3 aromatic carbocycles. The molecule has 0 amide bonds. The first kappa shape index (κ1) is 23.5. The Kier molecular flexibility index (Phi) is 7.18. The molecule has 1 fully saturated rings. The van der Waals surface area contributed by atoms with E-state index in [4.69, 9.17) is 4.74 Å². The van der Waals surface area contributed by atoms with Crippen LogP contribution in [0.1, 0.15) is 60.8 Å². The van der Waals surface area contributed by atoms with Crippen LogP contribution in [0.2, 0.25) is 0 Å². The van der Waals surface area contributed by atoms with Gasteiger partial charge in [0, 0.05) is 11.1 Å². The largest absolute Gasteiger partial charge is 0.373 e. The van der Waals surface area contributed by atoms with Gasteiger partial charge in [-0.05, 0) is 61.6 Å². The lowest BCUT2D eigenvalue weighted by Gasteiger charge is -2.29. The molecule has 3 aromatic rings. The van der Waals surface area contributed by atoms with E-state index in [1.165, 1.54) is 0 Å². The number of ether oxygens (including phenoxy) is 1. The molecule has 0 N–H and O–H groups in total. The summed E-state index contributed by atoms with van der Waals surface area (Å²) in [5.41, 5.74) is 2.91. The first-order valence-corrected chi connectivity index (χ1v) is 11.5. The fourth-order valence-corrected chi connectivity index (χ4v) is 4.60. The molecule has 0 spiro atoms. The maximum atomic E-state index is 14.9. The van der Waals surface area contributed by atoms with Gasteiger partial charge in [0.25, 0.3) is 0 Å². The molecule has 174 valence electrons. The summed E-state index contributed by atoms with van der Waals surface area (Å²) in [5.74, 6) is -3.36. The van der Waals surface area contributed by atoms with Crippen LogP contribution in [0.5, 0.6) is 0 Å². The minimum atomic E-state index is -0.853. The van der Waals surface area contributed by atoms with E-state index in [0.29, 0.717) is 48.8 Å². The normalized spacial score (nSPS) is 18.5. The van der Waals surface area contributed by atoms with Gasteiger partial charge in [-0.25, -0.2) is 17.6 Å². The van der Waals surface area contributed by atoms with Crippen molar-refractivity contribution in [2.24, 2.45) is 0 Å². The zero-order valence-corrected chi connectivity index (χ0v) is 18.9. The SMILES string of the molecule is CCc1ccc(COC2CCC(c3ccc(-c4ccc(C)cc4)c(F)c3F)CC2)c(F)c1F. The number of rotatable bonds is 6. The quantitative estimate of drug-likeness (QED) is 0.341. The van der Waals surface area contributed by atoms with Gasteiger partial charge in [-0.2, -0.15) is 0 Å². The third-order valence-corrected chi connectivity index (χ3v) is 6.69. The maximum Gasteiger partial charge on any atom is 0.166 e. The zero-order valence-electron chi connectivity index (χ0n) is 18.9. The highest BCUT2D eigenvalue weighted by atomic mass is 19.2. The van der Waals surface area contributed by atoms with Crippen molar-refractivity contribution in [3.63, 3.8) is 0 Å². The van der Waals surface area contributed by atoms with Crippen molar-refractivity contribution >= 4 is 0 Å². The number of hydrogen-bond donors (Lipinski definition) is 0. The van der Waals surface area contributed by atoms with Crippen LogP contribution in [0.4, 0.5) is 17.6 Å². The molecule has 0 saturated heterocycles. The van der Waals surface area contributed by atoms with Crippen LogP contribution in [-0.4, -0.2) is 6.10 Å². The second-order valence-electron chi connectivity index (χ2n) is 8.85. The molecule has 1 aliphatic rings. The number of hydrogen-bond acceptors (Lipinski definition) is 1. The molecule has 0 unspecified atom stereocenters. The second-order valence-corrected chi connectivity index (χ2v) is 8.85. The lowest BCUT2D eigenvalue weighted by Crippen LogP contribution is -2.21. The molecule has 0 atom stereocenters. The summed E-state index contributed by atoms with van der Waals surface area (Å²) in [6.45, 7) is 3.72. The van der Waals surface area contributed by atoms with Crippen molar-refractivity contribution < 1.29 is 22.3 Å². The van der Waals surface area contributed by atoms with Gasteiger partial charge in [-0.15, -0.1) is 0 Å². The molecule has 0 aromatic heterocycles. The van der Waals surface area contributed by atoms with E-state index < -0.39 is 23.3 Å². The number of aryl methyl sites for hydroxylation is 2. The van der Waals surface area contributed by atoms with E-state index in [9.17, 15) is 17.6 Å². The van der Waals surface area contributed by atoms with Crippen molar-refractivity contribution in [2.45, 2.75) is 64.6 Å². The molecule has 0 aliphatic heterocycles. The predicted octanol–water partition coefficient (Wildman–Crippen LogP) is 8.02. The van der Waals surface area contributed by atoms with Gasteiger partial charge in [0.05, 0.1) is 12.7 Å². The highest BCUT2D eigenvalue weighted by molar-refractivity contribution is 5.65. The molecule has 0 radical (unpaired) electrons. The Morgan fingerprint density at radius 2 is 1.36 bits per heavy atom. The summed E-state index contributed by atoms with van der Waals surface area (Å²) in [6.07, 6.45) is 2.92. The fourth-order valence-electron chi connectivity index (χ4n) is 4.60. The van der Waals surface area contributed by atoms with E-state index in [1.54, 1.807) is 43.3 Å². The van der Waals surface area contributed by atoms with Crippen LogP contribution in [0.15, 0.2) is 48.5 Å². The molecule has 4 rings (SSSR count). The summed E-state index contributed by atoms with van der Waals surface area (Å²) in [5, 5.41) is 0. The highest BCUT2D eigenvalue weighted by Gasteiger charge is 2.27. The molecular weight excluding hydrogens is 428 g/mol. The third-order valence-electron chi connectivity index (χ3n) is 6.69. The zero-order chi connectivity index (χ0) is 23.5. The van der Waals surface area contributed by atoms with Gasteiger partial charge in [0.1, 0.15) is 0 Å². The first-order valence-electron chi connectivity index (χ1n) is 11.5. The van der Waals surface area contributed by atoms with Crippen LogP contribution in [0.25, 0.3) is 11.1 Å². The van der Waals surface area contributed by atoms with Crippen molar-refractivity contribution in [1.29, 1.82) is 0 Å². The van der Waals surface area contributed by atoms with Gasteiger partial charge >= 0.3 is 0 Å². The van der Waals surface area contributed by atoms with Crippen LogP contribution >= 0.6 is 0 Å². The Balaban J connectivity index is 1.38. The summed E-state index contributed by atoms with van der Waals surface area (Å²) in [7, 11) is 0. The smallest absolute Gasteiger partial charge is 0.166 e. The Morgan fingerprint density at radius 1 is 0.727 bits per heavy atom. The molecule has 1 nitrogen and oxygen atoms in total. The Labute approximate surface area is 192 Å². The molecule has 33 heavy (non-hydrogen) atoms. The highest BCUT2D eigenvalue weighted by Crippen LogP contribution is 2.38. The van der Waals surface area contributed by atoms with Crippen molar-refractivity contribution in [3.8, 4) is 11.1 Å². The van der Waals surface area contributed by atoms with Crippen molar-refractivity contribution in [2.75, 3.05) is 0 Å².